The van der Waals surface area contributed by atoms with Crippen LogP contribution >= 0.6 is 0 Å². The summed E-state index contributed by atoms with van der Waals surface area (Å²) < 4.78 is 1.92. The van der Waals surface area contributed by atoms with E-state index in [1.54, 1.807) is 0 Å². The first-order chi connectivity index (χ1) is 10.1. The van der Waals surface area contributed by atoms with Crippen molar-refractivity contribution in [3.05, 3.63) is 11.4 Å². The fraction of sp³-hybridized carbons (Fsp3) is 0.800. The summed E-state index contributed by atoms with van der Waals surface area (Å²) in [5, 5.41) is 14.6. The largest absolute Gasteiger partial charge is 0.351 e. The molecule has 0 unspecified atom stereocenters. The lowest BCUT2D eigenvalue weighted by Gasteiger charge is -2.23. The maximum Gasteiger partial charge on any atom is 0.273 e. The van der Waals surface area contributed by atoms with E-state index < -0.39 is 0 Å². The second kappa shape index (κ2) is 7.54. The highest BCUT2D eigenvalue weighted by Gasteiger charge is 2.22. The van der Waals surface area contributed by atoms with Gasteiger partial charge in [-0.25, -0.2) is 4.68 Å². The standard InChI is InChI=1S/C15H27N5O/c1-11(2)5-4-8-17-15(21)14-12(3)20(19-18-14)13-6-9-16-10-7-13/h11,13,16H,4-10H2,1-3H3,(H,17,21). The van der Waals surface area contributed by atoms with E-state index in [1.165, 1.54) is 0 Å². The van der Waals surface area contributed by atoms with Crippen molar-refractivity contribution in [2.75, 3.05) is 19.6 Å². The second-order valence-electron chi connectivity index (χ2n) is 6.24. The fourth-order valence-electron chi connectivity index (χ4n) is 2.74. The molecule has 118 valence electrons. The van der Waals surface area contributed by atoms with Gasteiger partial charge in [-0.05, 0) is 51.6 Å². The molecule has 0 spiro atoms. The zero-order valence-corrected chi connectivity index (χ0v) is 13.4. The average molecular weight is 293 g/mol. The Bertz CT molecular complexity index is 463. The number of hydrogen-bond acceptors (Lipinski definition) is 4. The van der Waals surface area contributed by atoms with Crippen molar-refractivity contribution in [2.24, 2.45) is 5.92 Å². The molecule has 1 saturated heterocycles. The van der Waals surface area contributed by atoms with Crippen LogP contribution < -0.4 is 10.6 Å². The monoisotopic (exact) mass is 293 g/mol. The molecule has 2 rings (SSSR count). The average Bonchev–Trinajstić information content (AvgIpc) is 2.86. The van der Waals surface area contributed by atoms with Crippen LogP contribution in [0.1, 0.15) is 61.8 Å². The number of carbonyl (C=O) groups is 1. The number of nitrogens with zero attached hydrogens (tertiary/aromatic N) is 3. The van der Waals surface area contributed by atoms with Gasteiger partial charge in [-0.1, -0.05) is 19.1 Å². The van der Waals surface area contributed by atoms with Crippen molar-refractivity contribution in [1.82, 2.24) is 25.6 Å². The summed E-state index contributed by atoms with van der Waals surface area (Å²) in [5.41, 5.74) is 1.35. The van der Waals surface area contributed by atoms with E-state index in [0.717, 1.165) is 44.5 Å². The molecule has 1 fully saturated rings. The normalized spacial score (nSPS) is 16.4. The Balaban J connectivity index is 1.91. The molecular formula is C15H27N5O. The third-order valence-electron chi connectivity index (χ3n) is 4.04. The van der Waals surface area contributed by atoms with Gasteiger partial charge in [0.2, 0.25) is 0 Å². The zero-order chi connectivity index (χ0) is 15.2. The van der Waals surface area contributed by atoms with Crippen LogP contribution in [-0.4, -0.2) is 40.5 Å². The minimum Gasteiger partial charge on any atom is -0.351 e. The summed E-state index contributed by atoms with van der Waals surface area (Å²) in [4.78, 5) is 12.2. The molecule has 0 aromatic carbocycles. The number of hydrogen-bond donors (Lipinski definition) is 2. The number of rotatable bonds is 6. The second-order valence-corrected chi connectivity index (χ2v) is 6.24. The molecule has 2 heterocycles. The number of aromatic nitrogens is 3. The van der Waals surface area contributed by atoms with Crippen LogP contribution in [0, 0.1) is 12.8 Å². The molecule has 0 bridgehead atoms. The SMILES string of the molecule is Cc1c(C(=O)NCCCC(C)C)nnn1C1CCNCC1. The number of nitrogens with one attached hydrogen (secondary N) is 2. The van der Waals surface area contributed by atoms with Crippen LogP contribution in [0.2, 0.25) is 0 Å². The predicted octanol–water partition coefficient (Wildman–Crippen LogP) is 1.68. The third kappa shape index (κ3) is 4.27. The fourth-order valence-corrected chi connectivity index (χ4v) is 2.74. The van der Waals surface area contributed by atoms with Crippen LogP contribution in [0.3, 0.4) is 0 Å². The number of carbonyl (C=O) groups excluding carboxylic acids is 1. The van der Waals surface area contributed by atoms with Crippen molar-refractivity contribution < 1.29 is 4.79 Å². The van der Waals surface area contributed by atoms with Gasteiger partial charge in [0.15, 0.2) is 5.69 Å². The van der Waals surface area contributed by atoms with Crippen LogP contribution in [0.4, 0.5) is 0 Å². The van der Waals surface area contributed by atoms with Gasteiger partial charge in [-0.15, -0.1) is 5.10 Å². The predicted molar refractivity (Wildman–Crippen MR) is 82.3 cm³/mol. The molecular weight excluding hydrogens is 266 g/mol. The lowest BCUT2D eigenvalue weighted by atomic mass is 10.1. The topological polar surface area (TPSA) is 71.8 Å². The van der Waals surface area contributed by atoms with E-state index in [4.69, 9.17) is 0 Å². The maximum absolute atomic E-state index is 12.2. The summed E-state index contributed by atoms with van der Waals surface area (Å²) in [7, 11) is 0. The minimum atomic E-state index is -0.101. The Morgan fingerprint density at radius 2 is 2.14 bits per heavy atom. The number of piperidine rings is 1. The summed E-state index contributed by atoms with van der Waals surface area (Å²) in [6, 6.07) is 0.362. The van der Waals surface area contributed by atoms with Gasteiger partial charge in [-0.2, -0.15) is 0 Å². The molecule has 0 atom stereocenters. The first kappa shape index (κ1) is 15.9. The first-order valence-electron chi connectivity index (χ1n) is 8.00. The van der Waals surface area contributed by atoms with Crippen molar-refractivity contribution in [2.45, 2.75) is 52.5 Å². The van der Waals surface area contributed by atoms with Crippen molar-refractivity contribution in [1.29, 1.82) is 0 Å². The molecule has 1 aliphatic rings. The van der Waals surface area contributed by atoms with Gasteiger partial charge in [0, 0.05) is 6.54 Å². The Morgan fingerprint density at radius 3 is 2.81 bits per heavy atom. The Labute approximate surface area is 126 Å². The molecule has 0 radical (unpaired) electrons. The molecule has 2 N–H and O–H groups in total. The highest BCUT2D eigenvalue weighted by Crippen LogP contribution is 2.20. The lowest BCUT2D eigenvalue weighted by Crippen LogP contribution is -2.30. The van der Waals surface area contributed by atoms with Crippen molar-refractivity contribution in [3.63, 3.8) is 0 Å². The minimum absolute atomic E-state index is 0.101. The smallest absolute Gasteiger partial charge is 0.273 e. The Morgan fingerprint density at radius 1 is 1.43 bits per heavy atom. The summed E-state index contributed by atoms with van der Waals surface area (Å²) in [5.74, 6) is 0.570. The van der Waals surface area contributed by atoms with Gasteiger partial charge in [-0.3, -0.25) is 4.79 Å². The van der Waals surface area contributed by atoms with E-state index in [-0.39, 0.29) is 5.91 Å². The van der Waals surface area contributed by atoms with Crippen molar-refractivity contribution >= 4 is 5.91 Å². The molecule has 1 amide bonds. The van der Waals surface area contributed by atoms with Gasteiger partial charge in [0.25, 0.3) is 5.91 Å². The zero-order valence-electron chi connectivity index (χ0n) is 13.4. The highest BCUT2D eigenvalue weighted by molar-refractivity contribution is 5.93. The van der Waals surface area contributed by atoms with Gasteiger partial charge < -0.3 is 10.6 Å². The third-order valence-corrected chi connectivity index (χ3v) is 4.04. The van der Waals surface area contributed by atoms with Crippen LogP contribution in [-0.2, 0) is 0 Å². The molecule has 21 heavy (non-hydrogen) atoms. The molecule has 1 aliphatic heterocycles. The van der Waals surface area contributed by atoms with Gasteiger partial charge >= 0.3 is 0 Å². The summed E-state index contributed by atoms with van der Waals surface area (Å²) >= 11 is 0. The first-order valence-corrected chi connectivity index (χ1v) is 8.00. The van der Waals surface area contributed by atoms with E-state index >= 15 is 0 Å². The number of amides is 1. The maximum atomic E-state index is 12.2. The van der Waals surface area contributed by atoms with E-state index in [0.29, 0.717) is 24.2 Å². The van der Waals surface area contributed by atoms with Gasteiger partial charge in [0.1, 0.15) is 0 Å². The Hall–Kier alpha value is -1.43. The highest BCUT2D eigenvalue weighted by atomic mass is 16.2. The summed E-state index contributed by atoms with van der Waals surface area (Å²) in [6.07, 6.45) is 4.21. The van der Waals surface area contributed by atoms with E-state index in [1.807, 2.05) is 11.6 Å². The van der Waals surface area contributed by atoms with Gasteiger partial charge in [0.05, 0.1) is 11.7 Å². The molecule has 0 aliphatic carbocycles. The quantitative estimate of drug-likeness (QED) is 0.783. The van der Waals surface area contributed by atoms with E-state index in [9.17, 15) is 4.79 Å². The van der Waals surface area contributed by atoms with Crippen LogP contribution in [0.25, 0.3) is 0 Å². The van der Waals surface area contributed by atoms with E-state index in [2.05, 4.69) is 34.8 Å². The molecule has 6 nitrogen and oxygen atoms in total. The lowest BCUT2D eigenvalue weighted by molar-refractivity contribution is 0.0946. The van der Waals surface area contributed by atoms with Crippen molar-refractivity contribution in [3.8, 4) is 0 Å². The van der Waals surface area contributed by atoms with Crippen LogP contribution in [0.15, 0.2) is 0 Å². The summed E-state index contributed by atoms with van der Waals surface area (Å²) in [6.45, 7) is 9.02. The molecule has 6 heteroatoms. The Kier molecular flexibility index (Phi) is 5.73. The molecule has 1 aromatic heterocycles. The van der Waals surface area contributed by atoms with Crippen LogP contribution in [0.5, 0.6) is 0 Å². The molecule has 0 saturated carbocycles. The molecule has 1 aromatic rings.